The number of nitrogens with zero attached hydrogens (tertiary/aromatic N) is 1. The number of hydrogen-bond donors (Lipinski definition) is 3. The minimum absolute atomic E-state index is 0.00897. The third kappa shape index (κ3) is 5.50. The first-order valence-electron chi connectivity index (χ1n) is 9.03. The number of rotatable bonds is 7. The number of sulfonamides is 1. The van der Waals surface area contributed by atoms with E-state index in [9.17, 15) is 23.1 Å². The van der Waals surface area contributed by atoms with E-state index in [4.69, 9.17) is 5.73 Å². The van der Waals surface area contributed by atoms with Crippen LogP contribution < -0.4 is 11.1 Å². The van der Waals surface area contributed by atoms with E-state index < -0.39 is 39.9 Å². The summed E-state index contributed by atoms with van der Waals surface area (Å²) in [5.41, 5.74) is 5.18. The van der Waals surface area contributed by atoms with Crippen LogP contribution in [0.25, 0.3) is 0 Å². The fraction of sp³-hybridized carbons (Fsp3) is 0.556. The van der Waals surface area contributed by atoms with Gasteiger partial charge in [0.2, 0.25) is 11.8 Å². The van der Waals surface area contributed by atoms with Crippen molar-refractivity contribution in [3.63, 3.8) is 0 Å². The summed E-state index contributed by atoms with van der Waals surface area (Å²) in [6.45, 7) is 2.51. The first-order chi connectivity index (χ1) is 12.7. The first-order valence-corrected chi connectivity index (χ1v) is 10.5. The van der Waals surface area contributed by atoms with Crippen LogP contribution in [-0.4, -0.2) is 54.9 Å². The molecule has 8 nitrogen and oxygen atoms in total. The summed E-state index contributed by atoms with van der Waals surface area (Å²) in [6, 6.07) is 6.82. The molecule has 1 aromatic rings. The Morgan fingerprint density at radius 2 is 1.96 bits per heavy atom. The second-order valence-corrected chi connectivity index (χ2v) is 8.78. The topological polar surface area (TPSA) is 130 Å². The molecule has 9 heteroatoms. The molecule has 2 unspecified atom stereocenters. The van der Waals surface area contributed by atoms with E-state index in [2.05, 4.69) is 5.32 Å². The van der Waals surface area contributed by atoms with E-state index in [1.165, 1.54) is 12.1 Å². The Bertz CT molecular complexity index is 754. The van der Waals surface area contributed by atoms with Crippen molar-refractivity contribution in [2.75, 3.05) is 13.1 Å². The quantitative estimate of drug-likeness (QED) is 0.603. The highest BCUT2D eigenvalue weighted by Crippen LogP contribution is 2.26. The lowest BCUT2D eigenvalue weighted by molar-refractivity contribution is -0.130. The second-order valence-electron chi connectivity index (χ2n) is 6.97. The molecule has 1 fully saturated rings. The van der Waals surface area contributed by atoms with Crippen molar-refractivity contribution in [3.8, 4) is 0 Å². The molecule has 0 spiro atoms. The van der Waals surface area contributed by atoms with Gasteiger partial charge in [0.05, 0.1) is 17.0 Å². The lowest BCUT2D eigenvalue weighted by atomic mass is 10.0. The van der Waals surface area contributed by atoms with Gasteiger partial charge in [-0.3, -0.25) is 9.59 Å². The number of β-amino-alcohol motifs (C(OH)–C–C–N with tert-alkyl or cyclic N) is 1. The van der Waals surface area contributed by atoms with Crippen molar-refractivity contribution in [1.82, 2.24) is 9.62 Å². The lowest BCUT2D eigenvalue weighted by Gasteiger charge is -2.33. The standard InChI is InChI=1S/C18H27N3O5S/c1-13(10-17(19)23)11-18(24)21(15-8-5-9-20-12-16(15)22)27(25,26)14-6-3-2-4-7-14/h2-4,6-7,13,15-16,20,22H,5,8-12H2,1H3,(H2,19,23)/t13-,15?,16?/m0/s1. The lowest BCUT2D eigenvalue weighted by Crippen LogP contribution is -2.51. The zero-order valence-electron chi connectivity index (χ0n) is 15.4. The van der Waals surface area contributed by atoms with Gasteiger partial charge >= 0.3 is 0 Å². The van der Waals surface area contributed by atoms with E-state index in [1.54, 1.807) is 25.1 Å². The predicted octanol–water partition coefficient (Wildman–Crippen LogP) is 0.218. The largest absolute Gasteiger partial charge is 0.390 e. The fourth-order valence-corrected chi connectivity index (χ4v) is 4.97. The predicted molar refractivity (Wildman–Crippen MR) is 100.0 cm³/mol. The maximum absolute atomic E-state index is 13.2. The molecular formula is C18H27N3O5S. The van der Waals surface area contributed by atoms with Crippen molar-refractivity contribution < 1.29 is 23.1 Å². The fourth-order valence-electron chi connectivity index (χ4n) is 3.30. The molecule has 2 amide bonds. The third-order valence-corrected chi connectivity index (χ3v) is 6.43. The van der Waals surface area contributed by atoms with Gasteiger partial charge < -0.3 is 16.2 Å². The Kier molecular flexibility index (Phi) is 7.34. The molecule has 1 saturated heterocycles. The second kappa shape index (κ2) is 9.29. The van der Waals surface area contributed by atoms with Gasteiger partial charge in [-0.15, -0.1) is 0 Å². The molecule has 0 bridgehead atoms. The van der Waals surface area contributed by atoms with Gasteiger partial charge in [-0.05, 0) is 37.4 Å². The highest BCUT2D eigenvalue weighted by Gasteiger charge is 2.39. The number of primary amides is 1. The molecule has 3 atom stereocenters. The van der Waals surface area contributed by atoms with Crippen molar-refractivity contribution in [3.05, 3.63) is 30.3 Å². The molecule has 0 aliphatic carbocycles. The number of nitrogens with two attached hydrogens (primary N) is 1. The summed E-state index contributed by atoms with van der Waals surface area (Å²) in [7, 11) is -4.14. The van der Waals surface area contributed by atoms with E-state index >= 15 is 0 Å². The number of aliphatic hydroxyl groups is 1. The van der Waals surface area contributed by atoms with Gasteiger partial charge in [0, 0.05) is 19.4 Å². The molecule has 0 radical (unpaired) electrons. The molecule has 1 aliphatic heterocycles. The monoisotopic (exact) mass is 397 g/mol. The van der Waals surface area contributed by atoms with Crippen LogP contribution in [0.15, 0.2) is 35.2 Å². The zero-order chi connectivity index (χ0) is 20.0. The zero-order valence-corrected chi connectivity index (χ0v) is 16.2. The number of amides is 2. The molecule has 0 saturated carbocycles. The summed E-state index contributed by atoms with van der Waals surface area (Å²) < 4.78 is 27.2. The third-order valence-electron chi connectivity index (χ3n) is 4.57. The molecule has 1 aromatic carbocycles. The average molecular weight is 397 g/mol. The normalized spacial score (nSPS) is 21.9. The smallest absolute Gasteiger partial charge is 0.266 e. The van der Waals surface area contributed by atoms with Crippen LogP contribution in [0.1, 0.15) is 32.6 Å². The van der Waals surface area contributed by atoms with Gasteiger partial charge in [-0.25, -0.2) is 12.7 Å². The number of carbonyl (C=O) groups excluding carboxylic acids is 2. The van der Waals surface area contributed by atoms with Crippen LogP contribution >= 0.6 is 0 Å². The maximum atomic E-state index is 13.2. The Morgan fingerprint density at radius 1 is 1.30 bits per heavy atom. The molecule has 27 heavy (non-hydrogen) atoms. The Balaban J connectivity index is 2.38. The van der Waals surface area contributed by atoms with Gasteiger partial charge in [0.1, 0.15) is 0 Å². The molecule has 4 N–H and O–H groups in total. The van der Waals surface area contributed by atoms with Crippen molar-refractivity contribution in [2.24, 2.45) is 11.7 Å². The Morgan fingerprint density at radius 3 is 2.59 bits per heavy atom. The molecule has 1 heterocycles. The first kappa shape index (κ1) is 21.3. The summed E-state index contributed by atoms with van der Waals surface area (Å²) in [5.74, 6) is -1.59. The summed E-state index contributed by atoms with van der Waals surface area (Å²) >= 11 is 0. The van der Waals surface area contributed by atoms with E-state index in [0.29, 0.717) is 19.4 Å². The van der Waals surface area contributed by atoms with Gasteiger partial charge in [-0.2, -0.15) is 0 Å². The number of carbonyl (C=O) groups is 2. The maximum Gasteiger partial charge on any atom is 0.266 e. The minimum Gasteiger partial charge on any atom is -0.390 e. The van der Waals surface area contributed by atoms with Crippen LogP contribution in [0.4, 0.5) is 0 Å². The van der Waals surface area contributed by atoms with Gasteiger partial charge in [-0.1, -0.05) is 25.1 Å². The Labute approximate surface area is 159 Å². The number of hydrogen-bond acceptors (Lipinski definition) is 6. The van der Waals surface area contributed by atoms with Crippen LogP contribution in [-0.2, 0) is 19.6 Å². The van der Waals surface area contributed by atoms with Crippen molar-refractivity contribution in [2.45, 2.75) is 49.6 Å². The Hall–Kier alpha value is -1.97. The summed E-state index contributed by atoms with van der Waals surface area (Å²) in [6.07, 6.45) is -0.185. The molecule has 1 aliphatic rings. The minimum atomic E-state index is -4.14. The highest BCUT2D eigenvalue weighted by molar-refractivity contribution is 7.89. The number of aliphatic hydroxyl groups excluding tert-OH is 1. The van der Waals surface area contributed by atoms with Crippen molar-refractivity contribution >= 4 is 21.8 Å². The van der Waals surface area contributed by atoms with Gasteiger partial charge in [0.15, 0.2) is 0 Å². The van der Waals surface area contributed by atoms with E-state index in [-0.39, 0.29) is 24.3 Å². The number of benzene rings is 1. The molecular weight excluding hydrogens is 370 g/mol. The SMILES string of the molecule is C[C@@H](CC(N)=O)CC(=O)N(C1CCCNCC1O)S(=O)(=O)c1ccccc1. The number of nitrogens with one attached hydrogen (secondary N) is 1. The summed E-state index contributed by atoms with van der Waals surface area (Å²) in [5, 5.41) is 13.5. The van der Waals surface area contributed by atoms with Crippen LogP contribution in [0.3, 0.4) is 0 Å². The van der Waals surface area contributed by atoms with Gasteiger partial charge in [0.25, 0.3) is 10.0 Å². The van der Waals surface area contributed by atoms with Crippen molar-refractivity contribution in [1.29, 1.82) is 0 Å². The van der Waals surface area contributed by atoms with E-state index in [1.807, 2.05) is 0 Å². The average Bonchev–Trinajstić information content (AvgIpc) is 2.80. The highest BCUT2D eigenvalue weighted by atomic mass is 32.2. The molecule has 150 valence electrons. The van der Waals surface area contributed by atoms with E-state index in [0.717, 1.165) is 4.31 Å². The van der Waals surface area contributed by atoms with Crippen LogP contribution in [0.5, 0.6) is 0 Å². The van der Waals surface area contributed by atoms with Crippen LogP contribution in [0, 0.1) is 5.92 Å². The summed E-state index contributed by atoms with van der Waals surface area (Å²) in [4.78, 5) is 24.1. The molecule has 0 aromatic heterocycles. The van der Waals surface area contributed by atoms with Crippen LogP contribution in [0.2, 0.25) is 0 Å². The molecule has 2 rings (SSSR count).